The Hall–Kier alpha value is -1.88. The highest BCUT2D eigenvalue weighted by atomic mass is 35.5. The Balaban J connectivity index is 2.32. The molecule has 0 fully saturated rings. The number of hydrogen-bond donors (Lipinski definition) is 0. The van der Waals surface area contributed by atoms with E-state index in [-0.39, 0.29) is 17.9 Å². The van der Waals surface area contributed by atoms with Gasteiger partial charge in [0.05, 0.1) is 19.6 Å². The topological polar surface area (TPSA) is 61.3 Å². The van der Waals surface area contributed by atoms with Crippen molar-refractivity contribution in [1.82, 2.24) is 9.97 Å². The second kappa shape index (κ2) is 6.52. The second-order valence-electron chi connectivity index (χ2n) is 4.19. The minimum atomic E-state index is -0.380. The maximum absolute atomic E-state index is 12.0. The SMILES string of the molecule is CCOC(=O)C1CC=C(Cl)C=C1c1cnc(OC)nc1. The average Bonchev–Trinajstić information content (AvgIpc) is 2.47. The van der Waals surface area contributed by atoms with Crippen LogP contribution in [0.1, 0.15) is 18.9 Å². The van der Waals surface area contributed by atoms with E-state index >= 15 is 0 Å². The third kappa shape index (κ3) is 3.17. The molecule has 1 heterocycles. The van der Waals surface area contributed by atoms with Gasteiger partial charge in [0, 0.05) is 23.0 Å². The third-order valence-electron chi connectivity index (χ3n) is 2.93. The van der Waals surface area contributed by atoms with Crippen LogP contribution < -0.4 is 4.74 Å². The van der Waals surface area contributed by atoms with Gasteiger partial charge in [-0.15, -0.1) is 0 Å². The normalized spacial score (nSPS) is 18.1. The van der Waals surface area contributed by atoms with E-state index in [1.165, 1.54) is 7.11 Å². The second-order valence-corrected chi connectivity index (χ2v) is 4.62. The van der Waals surface area contributed by atoms with Crippen molar-refractivity contribution in [3.8, 4) is 6.01 Å². The molecule has 1 atom stereocenters. The number of hydrogen-bond acceptors (Lipinski definition) is 5. The fourth-order valence-electron chi connectivity index (χ4n) is 1.99. The lowest BCUT2D eigenvalue weighted by molar-refractivity contribution is -0.145. The number of ether oxygens (including phenoxy) is 2. The van der Waals surface area contributed by atoms with Gasteiger partial charge in [0.2, 0.25) is 0 Å². The summed E-state index contributed by atoms with van der Waals surface area (Å²) in [7, 11) is 1.50. The molecule has 20 heavy (non-hydrogen) atoms. The predicted molar refractivity (Wildman–Crippen MR) is 75.2 cm³/mol. The van der Waals surface area contributed by atoms with Gasteiger partial charge in [-0.2, -0.15) is 0 Å². The molecule has 0 saturated carbocycles. The van der Waals surface area contributed by atoms with Gasteiger partial charge >= 0.3 is 12.0 Å². The molecule has 6 heteroatoms. The number of rotatable bonds is 4. The van der Waals surface area contributed by atoms with Crippen LogP contribution in [0.15, 0.2) is 29.6 Å². The van der Waals surface area contributed by atoms with Gasteiger partial charge in [0.25, 0.3) is 0 Å². The van der Waals surface area contributed by atoms with E-state index in [4.69, 9.17) is 21.1 Å². The van der Waals surface area contributed by atoms with Gasteiger partial charge in [0.15, 0.2) is 0 Å². The monoisotopic (exact) mass is 294 g/mol. The number of halogens is 1. The fraction of sp³-hybridized carbons (Fsp3) is 0.357. The molecular formula is C14H15ClN2O3. The number of allylic oxidation sites excluding steroid dienone is 3. The Morgan fingerprint density at radius 1 is 1.45 bits per heavy atom. The minimum absolute atomic E-state index is 0.269. The molecule has 0 amide bonds. The highest BCUT2D eigenvalue weighted by molar-refractivity contribution is 6.32. The van der Waals surface area contributed by atoms with Gasteiger partial charge in [-0.05, 0) is 25.0 Å². The van der Waals surface area contributed by atoms with Crippen LogP contribution >= 0.6 is 11.6 Å². The van der Waals surface area contributed by atoms with Gasteiger partial charge in [-0.25, -0.2) is 9.97 Å². The van der Waals surface area contributed by atoms with Crippen molar-refractivity contribution in [3.05, 3.63) is 35.1 Å². The van der Waals surface area contributed by atoms with E-state index < -0.39 is 0 Å². The first-order valence-corrected chi connectivity index (χ1v) is 6.63. The summed E-state index contributed by atoms with van der Waals surface area (Å²) in [6.07, 6.45) is 7.28. The molecule has 1 aliphatic rings. The van der Waals surface area contributed by atoms with Gasteiger partial charge in [-0.3, -0.25) is 4.79 Å². The summed E-state index contributed by atoms with van der Waals surface area (Å²) in [6, 6.07) is 0.277. The molecule has 1 aromatic rings. The maximum Gasteiger partial charge on any atom is 0.316 e. The highest BCUT2D eigenvalue weighted by Crippen LogP contribution is 2.33. The van der Waals surface area contributed by atoms with Crippen molar-refractivity contribution in [2.24, 2.45) is 5.92 Å². The lowest BCUT2D eigenvalue weighted by atomic mass is 9.88. The zero-order chi connectivity index (χ0) is 14.5. The molecule has 0 aromatic carbocycles. The number of aromatic nitrogens is 2. The predicted octanol–water partition coefficient (Wildman–Crippen LogP) is 2.57. The van der Waals surface area contributed by atoms with E-state index in [9.17, 15) is 4.79 Å². The number of methoxy groups -OCH3 is 1. The van der Waals surface area contributed by atoms with Gasteiger partial charge in [-0.1, -0.05) is 17.7 Å². The lowest BCUT2D eigenvalue weighted by Crippen LogP contribution is -2.20. The van der Waals surface area contributed by atoms with Gasteiger partial charge < -0.3 is 9.47 Å². The summed E-state index contributed by atoms with van der Waals surface area (Å²) in [5.41, 5.74) is 1.49. The maximum atomic E-state index is 12.0. The molecule has 0 N–H and O–H groups in total. The Kier molecular flexibility index (Phi) is 4.74. The lowest BCUT2D eigenvalue weighted by Gasteiger charge is -2.20. The van der Waals surface area contributed by atoms with Crippen LogP contribution in [0.3, 0.4) is 0 Å². The Bertz CT molecular complexity index is 552. The van der Waals surface area contributed by atoms with Crippen molar-refractivity contribution in [3.63, 3.8) is 0 Å². The largest absolute Gasteiger partial charge is 0.467 e. The first kappa shape index (κ1) is 14.5. The molecule has 0 spiro atoms. The van der Waals surface area contributed by atoms with Crippen LogP contribution in [0, 0.1) is 5.92 Å². The van der Waals surface area contributed by atoms with Crippen LogP contribution in [-0.4, -0.2) is 29.7 Å². The number of nitrogens with zero attached hydrogens (tertiary/aromatic N) is 2. The van der Waals surface area contributed by atoms with Crippen molar-refractivity contribution in [2.75, 3.05) is 13.7 Å². The Labute approximate surface area is 122 Å². The van der Waals surface area contributed by atoms with Crippen molar-refractivity contribution < 1.29 is 14.3 Å². The molecule has 5 nitrogen and oxygen atoms in total. The zero-order valence-corrected chi connectivity index (χ0v) is 12.1. The fourth-order valence-corrected chi connectivity index (χ4v) is 2.19. The van der Waals surface area contributed by atoms with Crippen LogP contribution in [0.25, 0.3) is 5.57 Å². The Morgan fingerprint density at radius 3 is 2.75 bits per heavy atom. The van der Waals surface area contributed by atoms with Crippen LogP contribution in [0.5, 0.6) is 6.01 Å². The highest BCUT2D eigenvalue weighted by Gasteiger charge is 2.27. The Morgan fingerprint density at radius 2 is 2.15 bits per heavy atom. The summed E-state index contributed by atoms with van der Waals surface area (Å²) in [6.45, 7) is 2.13. The molecule has 106 valence electrons. The molecule has 0 bridgehead atoms. The van der Waals surface area contributed by atoms with Gasteiger partial charge in [0.1, 0.15) is 0 Å². The van der Waals surface area contributed by atoms with Crippen LogP contribution in [-0.2, 0) is 9.53 Å². The van der Waals surface area contributed by atoms with Crippen LogP contribution in [0.2, 0.25) is 0 Å². The third-order valence-corrected chi connectivity index (χ3v) is 3.20. The van der Waals surface area contributed by atoms with E-state index in [0.717, 1.165) is 11.1 Å². The standard InChI is InChI=1S/C14H15ClN2O3/c1-3-20-13(18)11-5-4-10(15)6-12(11)9-7-16-14(19-2)17-8-9/h4,6-8,11H,3,5H2,1-2H3. The average molecular weight is 295 g/mol. The van der Waals surface area contributed by atoms with E-state index in [2.05, 4.69) is 9.97 Å². The smallest absolute Gasteiger partial charge is 0.316 e. The zero-order valence-electron chi connectivity index (χ0n) is 11.3. The summed E-state index contributed by atoms with van der Waals surface area (Å²) < 4.78 is 10.0. The van der Waals surface area contributed by atoms with Crippen LogP contribution in [0.4, 0.5) is 0 Å². The molecule has 0 aliphatic heterocycles. The van der Waals surface area contributed by atoms with E-state index in [1.54, 1.807) is 31.5 Å². The first-order chi connectivity index (χ1) is 9.65. The summed E-state index contributed by atoms with van der Waals surface area (Å²) in [5.74, 6) is -0.649. The van der Waals surface area contributed by atoms with E-state index in [1.807, 2.05) is 0 Å². The number of esters is 1. The van der Waals surface area contributed by atoms with Crippen molar-refractivity contribution in [2.45, 2.75) is 13.3 Å². The van der Waals surface area contributed by atoms with Crippen molar-refractivity contribution >= 4 is 23.1 Å². The molecule has 0 radical (unpaired) electrons. The summed E-state index contributed by atoms with van der Waals surface area (Å²) in [4.78, 5) is 20.1. The molecule has 2 rings (SSSR count). The summed E-state index contributed by atoms with van der Waals surface area (Å²) in [5, 5.41) is 0.594. The molecule has 1 aromatic heterocycles. The quantitative estimate of drug-likeness (QED) is 0.799. The summed E-state index contributed by atoms with van der Waals surface area (Å²) >= 11 is 6.03. The van der Waals surface area contributed by atoms with Crippen molar-refractivity contribution in [1.29, 1.82) is 0 Å². The molecular weight excluding hydrogens is 280 g/mol. The minimum Gasteiger partial charge on any atom is -0.467 e. The van der Waals surface area contributed by atoms with E-state index in [0.29, 0.717) is 18.1 Å². The number of carbonyl (C=O) groups is 1. The molecule has 1 unspecified atom stereocenters. The molecule has 0 saturated heterocycles. The number of carbonyl (C=O) groups excluding carboxylic acids is 1. The first-order valence-electron chi connectivity index (χ1n) is 6.26. The molecule has 1 aliphatic carbocycles.